The van der Waals surface area contributed by atoms with Crippen molar-refractivity contribution in [2.75, 3.05) is 20.3 Å². The Labute approximate surface area is 105 Å². The first-order valence-electron chi connectivity index (χ1n) is 5.69. The second-order valence-electron chi connectivity index (χ2n) is 4.33. The average molecular weight is 255 g/mol. The van der Waals surface area contributed by atoms with E-state index in [1.807, 2.05) is 23.3 Å². The topological polar surface area (TPSA) is 49.8 Å². The van der Waals surface area contributed by atoms with Crippen LogP contribution in [0.25, 0.3) is 0 Å². The average Bonchev–Trinajstić information content (AvgIpc) is 2.75. The molecule has 1 N–H and O–H groups in total. The van der Waals surface area contributed by atoms with E-state index in [1.165, 1.54) is 4.88 Å². The van der Waals surface area contributed by atoms with Crippen molar-refractivity contribution in [3.63, 3.8) is 0 Å². The van der Waals surface area contributed by atoms with Crippen molar-refractivity contribution in [3.8, 4) is 0 Å². The van der Waals surface area contributed by atoms with Gasteiger partial charge in [0.1, 0.15) is 6.04 Å². The molecule has 0 aliphatic carbocycles. The van der Waals surface area contributed by atoms with E-state index in [1.54, 1.807) is 18.4 Å². The number of rotatable bonds is 4. The fraction of sp³-hybridized carbons (Fsp3) is 0.583. The van der Waals surface area contributed by atoms with Crippen molar-refractivity contribution in [1.29, 1.82) is 0 Å². The number of hydrogen-bond acceptors (Lipinski definition) is 4. The van der Waals surface area contributed by atoms with Crippen LogP contribution in [0, 0.1) is 0 Å². The lowest BCUT2D eigenvalue weighted by Crippen LogP contribution is -2.45. The van der Waals surface area contributed by atoms with Crippen molar-refractivity contribution in [2.24, 2.45) is 0 Å². The van der Waals surface area contributed by atoms with Crippen LogP contribution in [0.5, 0.6) is 0 Å². The van der Waals surface area contributed by atoms with Crippen LogP contribution in [0.4, 0.5) is 0 Å². The number of thiophene rings is 1. The van der Waals surface area contributed by atoms with Crippen LogP contribution in [0.1, 0.15) is 23.4 Å². The minimum Gasteiger partial charge on any atom is -0.480 e. The molecule has 5 heteroatoms. The predicted molar refractivity (Wildman–Crippen MR) is 66.4 cm³/mol. The van der Waals surface area contributed by atoms with Crippen molar-refractivity contribution in [1.82, 2.24) is 4.90 Å². The summed E-state index contributed by atoms with van der Waals surface area (Å²) >= 11 is 1.65. The Morgan fingerprint density at radius 1 is 1.76 bits per heavy atom. The van der Waals surface area contributed by atoms with E-state index < -0.39 is 12.0 Å². The first-order chi connectivity index (χ1) is 8.15. The predicted octanol–water partition coefficient (Wildman–Crippen LogP) is 1.77. The fourth-order valence-electron chi connectivity index (χ4n) is 2.42. The Morgan fingerprint density at radius 2 is 2.53 bits per heavy atom. The van der Waals surface area contributed by atoms with Gasteiger partial charge < -0.3 is 9.84 Å². The highest BCUT2D eigenvalue weighted by atomic mass is 32.1. The molecule has 17 heavy (non-hydrogen) atoms. The number of nitrogens with zero attached hydrogens (tertiary/aromatic N) is 1. The molecule has 2 unspecified atom stereocenters. The number of carboxylic acid groups (broad SMARTS) is 1. The summed E-state index contributed by atoms with van der Waals surface area (Å²) in [6, 6.07) is 1.54. The van der Waals surface area contributed by atoms with Crippen LogP contribution in [-0.2, 0) is 16.0 Å². The molecule has 1 aromatic heterocycles. The molecule has 1 aromatic rings. The number of ether oxygens (including phenoxy) is 1. The Morgan fingerprint density at radius 3 is 3.18 bits per heavy atom. The van der Waals surface area contributed by atoms with Gasteiger partial charge in [0.25, 0.3) is 0 Å². The number of carbonyl (C=O) groups is 1. The fourth-order valence-corrected chi connectivity index (χ4v) is 3.33. The van der Waals surface area contributed by atoms with E-state index in [-0.39, 0.29) is 6.04 Å². The quantitative estimate of drug-likeness (QED) is 0.890. The molecule has 0 amide bonds. The third kappa shape index (κ3) is 2.36. The maximum absolute atomic E-state index is 11.5. The highest BCUT2D eigenvalue weighted by molar-refractivity contribution is 7.10. The van der Waals surface area contributed by atoms with E-state index in [2.05, 4.69) is 0 Å². The second-order valence-corrected chi connectivity index (χ2v) is 5.33. The maximum atomic E-state index is 11.5. The third-order valence-electron chi connectivity index (χ3n) is 3.21. The van der Waals surface area contributed by atoms with Crippen molar-refractivity contribution < 1.29 is 14.6 Å². The Balaban J connectivity index is 2.27. The second kappa shape index (κ2) is 5.16. The summed E-state index contributed by atoms with van der Waals surface area (Å²) in [7, 11) is 1.65. The van der Waals surface area contributed by atoms with Gasteiger partial charge in [-0.05, 0) is 30.4 Å². The summed E-state index contributed by atoms with van der Waals surface area (Å²) in [5.41, 5.74) is 0.955. The van der Waals surface area contributed by atoms with Crippen molar-refractivity contribution in [3.05, 3.63) is 21.9 Å². The number of aliphatic carboxylic acids is 1. The number of methoxy groups -OCH3 is 1. The van der Waals surface area contributed by atoms with Gasteiger partial charge in [-0.15, -0.1) is 11.3 Å². The molecule has 4 nitrogen and oxygen atoms in total. The largest absolute Gasteiger partial charge is 0.480 e. The molecule has 2 heterocycles. The number of hydrogen-bond donors (Lipinski definition) is 1. The summed E-state index contributed by atoms with van der Waals surface area (Å²) in [6.07, 6.45) is 0.935. The molecular formula is C12H17NO3S. The first kappa shape index (κ1) is 12.5. The zero-order chi connectivity index (χ0) is 12.4. The minimum atomic E-state index is -0.771. The van der Waals surface area contributed by atoms with Crippen molar-refractivity contribution >= 4 is 17.3 Å². The van der Waals surface area contributed by atoms with Crippen LogP contribution in [0.3, 0.4) is 0 Å². The van der Waals surface area contributed by atoms with Gasteiger partial charge in [-0.2, -0.15) is 0 Å². The van der Waals surface area contributed by atoms with E-state index in [4.69, 9.17) is 4.74 Å². The van der Waals surface area contributed by atoms with E-state index in [9.17, 15) is 9.90 Å². The summed E-state index contributed by atoms with van der Waals surface area (Å²) < 4.78 is 5.12. The smallest absolute Gasteiger partial charge is 0.325 e. The molecule has 94 valence electrons. The van der Waals surface area contributed by atoms with Gasteiger partial charge in [0.05, 0.1) is 6.61 Å². The summed E-state index contributed by atoms with van der Waals surface area (Å²) in [6.45, 7) is 3.36. The van der Waals surface area contributed by atoms with Gasteiger partial charge in [0.2, 0.25) is 0 Å². The molecule has 1 aliphatic heterocycles. The lowest BCUT2D eigenvalue weighted by Gasteiger charge is -2.37. The number of fused-ring (bicyclic) bond motifs is 1. The summed E-state index contributed by atoms with van der Waals surface area (Å²) in [5.74, 6) is -0.771. The zero-order valence-electron chi connectivity index (χ0n) is 10.0. The molecule has 0 radical (unpaired) electrons. The molecule has 0 spiro atoms. The van der Waals surface area contributed by atoms with E-state index >= 15 is 0 Å². The Bertz CT molecular complexity index is 404. The molecule has 0 saturated carbocycles. The molecule has 0 fully saturated rings. The molecule has 0 aromatic carbocycles. The minimum absolute atomic E-state index is 0.120. The first-order valence-corrected chi connectivity index (χ1v) is 6.57. The molecule has 0 bridgehead atoms. The van der Waals surface area contributed by atoms with Crippen LogP contribution < -0.4 is 0 Å². The normalized spacial score (nSPS) is 22.1. The van der Waals surface area contributed by atoms with Gasteiger partial charge in [-0.3, -0.25) is 9.69 Å². The van der Waals surface area contributed by atoms with Crippen LogP contribution in [0.2, 0.25) is 0 Å². The molecule has 0 saturated heterocycles. The highest BCUT2D eigenvalue weighted by Gasteiger charge is 2.35. The van der Waals surface area contributed by atoms with Crippen LogP contribution >= 0.6 is 11.3 Å². The Kier molecular flexibility index (Phi) is 3.81. The van der Waals surface area contributed by atoms with Crippen LogP contribution in [0.15, 0.2) is 11.4 Å². The van der Waals surface area contributed by atoms with Gasteiger partial charge >= 0.3 is 5.97 Å². The lowest BCUT2D eigenvalue weighted by atomic mass is 9.98. The Hall–Kier alpha value is -0.910. The summed E-state index contributed by atoms with van der Waals surface area (Å²) in [4.78, 5) is 14.7. The third-order valence-corrected chi connectivity index (χ3v) is 4.21. The highest BCUT2D eigenvalue weighted by Crippen LogP contribution is 2.34. The van der Waals surface area contributed by atoms with Gasteiger partial charge in [0.15, 0.2) is 0 Å². The monoisotopic (exact) mass is 255 g/mol. The van der Waals surface area contributed by atoms with Gasteiger partial charge in [-0.25, -0.2) is 0 Å². The number of carboxylic acids is 1. The van der Waals surface area contributed by atoms with E-state index in [0.717, 1.165) is 18.5 Å². The molecule has 2 rings (SSSR count). The van der Waals surface area contributed by atoms with E-state index in [0.29, 0.717) is 6.61 Å². The van der Waals surface area contributed by atoms with Gasteiger partial charge in [-0.1, -0.05) is 0 Å². The van der Waals surface area contributed by atoms with Gasteiger partial charge in [0, 0.05) is 24.6 Å². The van der Waals surface area contributed by atoms with Crippen molar-refractivity contribution in [2.45, 2.75) is 25.4 Å². The summed E-state index contributed by atoms with van der Waals surface area (Å²) in [5, 5.41) is 11.4. The molecule has 2 atom stereocenters. The SMILES string of the molecule is COCC(C)N1CCc2sccc2C1C(=O)O. The molecular weight excluding hydrogens is 238 g/mol. The maximum Gasteiger partial charge on any atom is 0.325 e. The zero-order valence-corrected chi connectivity index (χ0v) is 10.9. The molecule has 1 aliphatic rings. The standard InChI is InChI=1S/C12H17NO3S/c1-8(7-16-2)13-5-3-10-9(4-6-17-10)11(13)12(14)15/h4,6,8,11H,3,5,7H2,1-2H3,(H,14,15). The van der Waals surface area contributed by atoms with Crippen LogP contribution in [-0.4, -0.2) is 42.3 Å². The lowest BCUT2D eigenvalue weighted by molar-refractivity contribution is -0.145.